The maximum Gasteiger partial charge on any atom is 0.305 e. The molecule has 5 heteroatoms. The highest BCUT2D eigenvalue weighted by Gasteiger charge is 2.28. The van der Waals surface area contributed by atoms with Crippen molar-refractivity contribution in [1.82, 2.24) is 4.90 Å². The van der Waals surface area contributed by atoms with E-state index in [0.29, 0.717) is 26.2 Å². The van der Waals surface area contributed by atoms with E-state index in [0.717, 1.165) is 11.1 Å². The van der Waals surface area contributed by atoms with E-state index in [-0.39, 0.29) is 18.4 Å². The number of carbonyl (C=O) groups is 2. The second kappa shape index (κ2) is 6.52. The fourth-order valence-corrected chi connectivity index (χ4v) is 2.45. The highest BCUT2D eigenvalue weighted by molar-refractivity contribution is 5.80. The lowest BCUT2D eigenvalue weighted by molar-refractivity contribution is -0.145. The van der Waals surface area contributed by atoms with Gasteiger partial charge in [0.1, 0.15) is 0 Å². The van der Waals surface area contributed by atoms with Crippen LogP contribution in [0.4, 0.5) is 0 Å². The molecular weight excluding hydrogens is 258 g/mol. The van der Waals surface area contributed by atoms with Gasteiger partial charge in [0.15, 0.2) is 0 Å². The minimum Gasteiger partial charge on any atom is -0.481 e. The topological polar surface area (TPSA) is 66.8 Å². The SMILES string of the molecule is Cc1cccc(CC(=O)N2CCOCC2CC(=O)O)c1. The van der Waals surface area contributed by atoms with Gasteiger partial charge in [-0.05, 0) is 12.5 Å². The van der Waals surface area contributed by atoms with E-state index in [1.165, 1.54) is 0 Å². The third-order valence-electron chi connectivity index (χ3n) is 3.40. The summed E-state index contributed by atoms with van der Waals surface area (Å²) < 4.78 is 5.28. The summed E-state index contributed by atoms with van der Waals surface area (Å²) in [5.74, 6) is -0.945. The van der Waals surface area contributed by atoms with Crippen LogP contribution in [0.1, 0.15) is 17.5 Å². The number of morpholine rings is 1. The predicted octanol–water partition coefficient (Wildman–Crippen LogP) is 1.24. The number of carbonyl (C=O) groups excluding carboxylic acids is 1. The van der Waals surface area contributed by atoms with Crippen LogP contribution in [-0.2, 0) is 20.7 Å². The maximum absolute atomic E-state index is 12.3. The summed E-state index contributed by atoms with van der Waals surface area (Å²) in [4.78, 5) is 24.8. The molecule has 0 spiro atoms. The Morgan fingerprint density at radius 3 is 2.95 bits per heavy atom. The van der Waals surface area contributed by atoms with Crippen LogP contribution >= 0.6 is 0 Å². The molecule has 1 aliphatic rings. The Hall–Kier alpha value is -1.88. The summed E-state index contributed by atoms with van der Waals surface area (Å²) in [6.07, 6.45) is 0.233. The molecule has 2 rings (SSSR count). The van der Waals surface area contributed by atoms with Crippen molar-refractivity contribution >= 4 is 11.9 Å². The monoisotopic (exact) mass is 277 g/mol. The van der Waals surface area contributed by atoms with E-state index >= 15 is 0 Å². The van der Waals surface area contributed by atoms with Crippen molar-refractivity contribution in [1.29, 1.82) is 0 Å². The van der Waals surface area contributed by atoms with Gasteiger partial charge in [0, 0.05) is 6.54 Å². The van der Waals surface area contributed by atoms with Crippen molar-refractivity contribution in [3.8, 4) is 0 Å². The molecule has 0 aliphatic carbocycles. The Balaban J connectivity index is 2.04. The summed E-state index contributed by atoms with van der Waals surface area (Å²) in [6.45, 7) is 3.21. The summed E-state index contributed by atoms with van der Waals surface area (Å²) in [5.41, 5.74) is 2.06. The minimum absolute atomic E-state index is 0.0369. The van der Waals surface area contributed by atoms with Crippen LogP contribution in [-0.4, -0.2) is 47.7 Å². The van der Waals surface area contributed by atoms with Crippen molar-refractivity contribution in [2.75, 3.05) is 19.8 Å². The number of hydrogen-bond acceptors (Lipinski definition) is 3. The van der Waals surface area contributed by atoms with Crippen LogP contribution in [0.5, 0.6) is 0 Å². The van der Waals surface area contributed by atoms with Crippen molar-refractivity contribution in [2.45, 2.75) is 25.8 Å². The molecule has 5 nitrogen and oxygen atoms in total. The third kappa shape index (κ3) is 3.81. The summed E-state index contributed by atoms with van der Waals surface area (Å²) in [5, 5.41) is 8.90. The first-order valence-corrected chi connectivity index (χ1v) is 6.71. The first-order chi connectivity index (χ1) is 9.56. The van der Waals surface area contributed by atoms with Gasteiger partial charge in [0.05, 0.1) is 32.1 Å². The zero-order chi connectivity index (χ0) is 14.5. The number of aliphatic carboxylic acids is 1. The Kier molecular flexibility index (Phi) is 4.74. The molecule has 0 aromatic heterocycles. The molecule has 1 fully saturated rings. The smallest absolute Gasteiger partial charge is 0.305 e. The predicted molar refractivity (Wildman–Crippen MR) is 73.5 cm³/mol. The highest BCUT2D eigenvalue weighted by atomic mass is 16.5. The fraction of sp³-hybridized carbons (Fsp3) is 0.467. The van der Waals surface area contributed by atoms with Gasteiger partial charge in [0.2, 0.25) is 5.91 Å². The molecule has 1 unspecified atom stereocenters. The molecular formula is C15H19NO4. The number of amides is 1. The molecule has 20 heavy (non-hydrogen) atoms. The van der Waals surface area contributed by atoms with Crippen molar-refractivity contribution in [3.63, 3.8) is 0 Å². The number of aryl methyl sites for hydroxylation is 1. The third-order valence-corrected chi connectivity index (χ3v) is 3.40. The zero-order valence-electron chi connectivity index (χ0n) is 11.5. The van der Waals surface area contributed by atoms with Crippen LogP contribution in [0.25, 0.3) is 0 Å². The van der Waals surface area contributed by atoms with Gasteiger partial charge in [-0.1, -0.05) is 29.8 Å². The van der Waals surface area contributed by atoms with E-state index in [9.17, 15) is 9.59 Å². The first-order valence-electron chi connectivity index (χ1n) is 6.71. The lowest BCUT2D eigenvalue weighted by atomic mass is 10.1. The number of ether oxygens (including phenoxy) is 1. The molecule has 1 aromatic rings. The standard InChI is InChI=1S/C15H19NO4/c1-11-3-2-4-12(7-11)8-14(17)16-5-6-20-10-13(16)9-15(18)19/h2-4,7,13H,5-6,8-10H2,1H3,(H,18,19). The molecule has 0 radical (unpaired) electrons. The van der Waals surface area contributed by atoms with Gasteiger partial charge in [-0.25, -0.2) is 0 Å². The van der Waals surface area contributed by atoms with E-state index in [1.54, 1.807) is 4.90 Å². The summed E-state index contributed by atoms with van der Waals surface area (Å²) in [7, 11) is 0. The number of rotatable bonds is 4. The quantitative estimate of drug-likeness (QED) is 0.899. The number of nitrogens with zero attached hydrogens (tertiary/aromatic N) is 1. The zero-order valence-corrected chi connectivity index (χ0v) is 11.5. The molecule has 1 amide bonds. The molecule has 1 atom stereocenters. The molecule has 1 N–H and O–H groups in total. The van der Waals surface area contributed by atoms with Gasteiger partial charge >= 0.3 is 5.97 Å². The molecule has 1 saturated heterocycles. The Morgan fingerprint density at radius 1 is 1.45 bits per heavy atom. The number of carboxylic acids is 1. The molecule has 1 aliphatic heterocycles. The van der Waals surface area contributed by atoms with Crippen LogP contribution in [0.3, 0.4) is 0 Å². The second-order valence-electron chi connectivity index (χ2n) is 5.08. The maximum atomic E-state index is 12.3. The van der Waals surface area contributed by atoms with Gasteiger partial charge in [-0.15, -0.1) is 0 Å². The first kappa shape index (κ1) is 14.5. The van der Waals surface area contributed by atoms with Gasteiger partial charge in [0.25, 0.3) is 0 Å². The van der Waals surface area contributed by atoms with E-state index in [1.807, 2.05) is 31.2 Å². The lowest BCUT2D eigenvalue weighted by Crippen LogP contribution is -2.50. The lowest BCUT2D eigenvalue weighted by Gasteiger charge is -2.35. The molecule has 0 bridgehead atoms. The summed E-state index contributed by atoms with van der Waals surface area (Å²) >= 11 is 0. The van der Waals surface area contributed by atoms with Crippen molar-refractivity contribution < 1.29 is 19.4 Å². The average Bonchev–Trinajstić information content (AvgIpc) is 2.38. The van der Waals surface area contributed by atoms with E-state index < -0.39 is 5.97 Å². The normalized spacial score (nSPS) is 18.9. The van der Waals surface area contributed by atoms with Crippen LogP contribution < -0.4 is 0 Å². The van der Waals surface area contributed by atoms with Crippen molar-refractivity contribution in [2.24, 2.45) is 0 Å². The number of hydrogen-bond donors (Lipinski definition) is 1. The van der Waals surface area contributed by atoms with Gasteiger partial charge in [-0.3, -0.25) is 9.59 Å². The molecule has 1 heterocycles. The number of benzene rings is 1. The second-order valence-corrected chi connectivity index (χ2v) is 5.08. The highest BCUT2D eigenvalue weighted by Crippen LogP contribution is 2.14. The van der Waals surface area contributed by atoms with Crippen molar-refractivity contribution in [3.05, 3.63) is 35.4 Å². The van der Waals surface area contributed by atoms with Crippen LogP contribution in [0, 0.1) is 6.92 Å². The fourth-order valence-electron chi connectivity index (χ4n) is 2.45. The van der Waals surface area contributed by atoms with Crippen LogP contribution in [0.15, 0.2) is 24.3 Å². The average molecular weight is 277 g/mol. The van der Waals surface area contributed by atoms with Gasteiger partial charge < -0.3 is 14.7 Å². The van der Waals surface area contributed by atoms with Crippen LogP contribution in [0.2, 0.25) is 0 Å². The Morgan fingerprint density at radius 2 is 2.25 bits per heavy atom. The summed E-state index contributed by atoms with van der Waals surface area (Å²) in [6, 6.07) is 7.43. The van der Waals surface area contributed by atoms with E-state index in [4.69, 9.17) is 9.84 Å². The molecule has 0 saturated carbocycles. The molecule has 108 valence electrons. The number of carboxylic acid groups (broad SMARTS) is 1. The minimum atomic E-state index is -0.908. The Bertz CT molecular complexity index is 500. The largest absolute Gasteiger partial charge is 0.481 e. The Labute approximate surface area is 118 Å². The molecule has 1 aromatic carbocycles. The van der Waals surface area contributed by atoms with Gasteiger partial charge in [-0.2, -0.15) is 0 Å². The van der Waals surface area contributed by atoms with E-state index in [2.05, 4.69) is 0 Å².